The molecule has 1 saturated carbocycles. The third kappa shape index (κ3) is 5.82. The number of piperidine rings is 1. The third-order valence-corrected chi connectivity index (χ3v) is 9.56. The van der Waals surface area contributed by atoms with E-state index in [1.54, 1.807) is 36.9 Å². The van der Waals surface area contributed by atoms with E-state index >= 15 is 0 Å². The maximum Gasteiger partial charge on any atom is 0.435 e. The molecule has 0 amide bonds. The standard InChI is InChI=1S/C27H31Cl3F3N5O2/c1-14(19-6-5-17(28)8-20(19)29)34-23-21(30)22(27(31,32)33)35-25(36-23)38-12-16(13-38)15-4-3-7-37(11-15)18-9-26(2,10-18)24(39)40/h5-6,8,14-16,18H,3-4,7,9-13H2,1-2H3,(H,39,40)(H,34,35,36). The maximum absolute atomic E-state index is 13.9. The van der Waals surface area contributed by atoms with Crippen LogP contribution in [0.2, 0.25) is 15.1 Å². The molecule has 2 saturated heterocycles. The molecule has 3 heterocycles. The lowest BCUT2D eigenvalue weighted by Gasteiger charge is -2.52. The van der Waals surface area contributed by atoms with E-state index in [0.29, 0.717) is 53.4 Å². The van der Waals surface area contributed by atoms with Gasteiger partial charge in [-0.3, -0.25) is 4.79 Å². The van der Waals surface area contributed by atoms with Crippen molar-refractivity contribution in [3.8, 4) is 0 Å². The van der Waals surface area contributed by atoms with Crippen molar-refractivity contribution >= 4 is 52.5 Å². The molecule has 40 heavy (non-hydrogen) atoms. The van der Waals surface area contributed by atoms with Crippen molar-refractivity contribution in [1.29, 1.82) is 0 Å². The number of hydrogen-bond acceptors (Lipinski definition) is 6. The van der Waals surface area contributed by atoms with Gasteiger partial charge in [-0.15, -0.1) is 0 Å². The highest BCUT2D eigenvalue weighted by Gasteiger charge is 2.50. The summed E-state index contributed by atoms with van der Waals surface area (Å²) < 4.78 is 41.7. The quantitative estimate of drug-likeness (QED) is 0.344. The summed E-state index contributed by atoms with van der Waals surface area (Å²) in [6.45, 7) is 6.47. The van der Waals surface area contributed by atoms with E-state index in [2.05, 4.69) is 20.2 Å². The summed E-state index contributed by atoms with van der Waals surface area (Å²) in [5.74, 6) is -0.191. The second kappa shape index (κ2) is 11.0. The van der Waals surface area contributed by atoms with Crippen molar-refractivity contribution in [2.75, 3.05) is 36.4 Å². The zero-order valence-electron chi connectivity index (χ0n) is 22.1. The Bertz CT molecular complexity index is 1280. The number of rotatable bonds is 7. The first kappa shape index (κ1) is 29.5. The Kier molecular flexibility index (Phi) is 8.11. The molecule has 2 N–H and O–H groups in total. The van der Waals surface area contributed by atoms with Crippen LogP contribution in [0.4, 0.5) is 24.9 Å². The van der Waals surface area contributed by atoms with Crippen LogP contribution in [0.1, 0.15) is 56.8 Å². The molecule has 0 bridgehead atoms. The van der Waals surface area contributed by atoms with Gasteiger partial charge in [0.25, 0.3) is 0 Å². The fraction of sp³-hybridized carbons (Fsp3) is 0.593. The van der Waals surface area contributed by atoms with Crippen molar-refractivity contribution in [2.24, 2.45) is 17.3 Å². The number of carbonyl (C=O) groups is 1. The van der Waals surface area contributed by atoms with Gasteiger partial charge >= 0.3 is 12.1 Å². The van der Waals surface area contributed by atoms with Gasteiger partial charge in [-0.25, -0.2) is 4.98 Å². The van der Waals surface area contributed by atoms with Crippen molar-refractivity contribution < 1.29 is 23.1 Å². The predicted octanol–water partition coefficient (Wildman–Crippen LogP) is 7.03. The molecule has 2 aromatic rings. The molecule has 1 aromatic carbocycles. The first-order valence-electron chi connectivity index (χ1n) is 13.3. The Morgan fingerprint density at radius 2 is 1.85 bits per heavy atom. The molecule has 7 nitrogen and oxygen atoms in total. The van der Waals surface area contributed by atoms with Crippen LogP contribution in [0.3, 0.4) is 0 Å². The fourth-order valence-corrected chi connectivity index (χ4v) is 6.96. The van der Waals surface area contributed by atoms with Crippen LogP contribution < -0.4 is 10.2 Å². The Morgan fingerprint density at radius 3 is 2.48 bits per heavy atom. The fourth-order valence-electron chi connectivity index (χ4n) is 6.14. The van der Waals surface area contributed by atoms with Gasteiger partial charge in [-0.1, -0.05) is 40.9 Å². The van der Waals surface area contributed by atoms with Gasteiger partial charge in [0.15, 0.2) is 11.5 Å². The molecule has 2 aliphatic heterocycles. The first-order valence-corrected chi connectivity index (χ1v) is 14.5. The molecular formula is C27H31Cl3F3N5O2. The van der Waals surface area contributed by atoms with Crippen LogP contribution in [0, 0.1) is 17.3 Å². The number of aromatic nitrogens is 2. The van der Waals surface area contributed by atoms with Crippen LogP contribution in [0.15, 0.2) is 18.2 Å². The molecule has 13 heteroatoms. The summed E-state index contributed by atoms with van der Waals surface area (Å²) in [5, 5.41) is 12.6. The molecule has 2 atom stereocenters. The second-order valence-electron chi connectivity index (χ2n) is 11.6. The lowest BCUT2D eigenvalue weighted by molar-refractivity contribution is -0.158. The summed E-state index contributed by atoms with van der Waals surface area (Å²) in [5.41, 5.74) is -1.19. The lowest BCUT2D eigenvalue weighted by Crippen LogP contribution is -2.58. The van der Waals surface area contributed by atoms with Crippen LogP contribution >= 0.6 is 34.8 Å². The van der Waals surface area contributed by atoms with Gasteiger partial charge in [0.2, 0.25) is 5.95 Å². The average Bonchev–Trinajstić information content (AvgIpc) is 2.82. The summed E-state index contributed by atoms with van der Waals surface area (Å²) >= 11 is 18.4. The average molecular weight is 621 g/mol. The first-order chi connectivity index (χ1) is 18.7. The number of aliphatic carboxylic acids is 1. The maximum atomic E-state index is 13.9. The van der Waals surface area contributed by atoms with Crippen molar-refractivity contribution in [2.45, 2.75) is 57.8 Å². The summed E-state index contributed by atoms with van der Waals surface area (Å²) in [4.78, 5) is 23.9. The van der Waals surface area contributed by atoms with Gasteiger partial charge in [0, 0.05) is 35.7 Å². The number of anilines is 2. The smallest absolute Gasteiger partial charge is 0.435 e. The highest BCUT2D eigenvalue weighted by Crippen LogP contribution is 2.46. The van der Waals surface area contributed by atoms with Crippen LogP contribution in [-0.2, 0) is 11.0 Å². The molecule has 3 aliphatic rings. The number of likely N-dealkylation sites (tertiary alicyclic amines) is 1. The molecule has 0 spiro atoms. The van der Waals surface area contributed by atoms with Crippen LogP contribution in [0.5, 0.6) is 0 Å². The second-order valence-corrected chi connectivity index (χ2v) is 12.8. The molecule has 5 rings (SSSR count). The Labute approximate surface area is 246 Å². The van der Waals surface area contributed by atoms with E-state index < -0.39 is 34.3 Å². The van der Waals surface area contributed by atoms with Gasteiger partial charge in [0.05, 0.1) is 11.5 Å². The predicted molar refractivity (Wildman–Crippen MR) is 149 cm³/mol. The van der Waals surface area contributed by atoms with Crippen molar-refractivity contribution in [3.05, 3.63) is 44.5 Å². The molecular weight excluding hydrogens is 590 g/mol. The van der Waals surface area contributed by atoms with E-state index in [1.165, 1.54) is 0 Å². The van der Waals surface area contributed by atoms with Gasteiger partial charge < -0.3 is 20.2 Å². The summed E-state index contributed by atoms with van der Waals surface area (Å²) in [7, 11) is 0. The van der Waals surface area contributed by atoms with Crippen molar-refractivity contribution in [3.63, 3.8) is 0 Å². The molecule has 218 valence electrons. The number of nitrogens with one attached hydrogen (secondary N) is 1. The Morgan fingerprint density at radius 1 is 1.15 bits per heavy atom. The number of hydrogen-bond donors (Lipinski definition) is 2. The van der Waals surface area contributed by atoms with Gasteiger partial charge in [-0.2, -0.15) is 18.2 Å². The largest absolute Gasteiger partial charge is 0.481 e. The van der Waals surface area contributed by atoms with E-state index in [-0.39, 0.29) is 17.8 Å². The SMILES string of the molecule is CC(Nc1nc(N2CC(C3CCCN(C4CC(C)(C(=O)O)C4)C3)C2)nc(C(F)(F)F)c1Cl)c1ccc(Cl)cc1Cl. The topological polar surface area (TPSA) is 81.6 Å². The number of carboxylic acids is 1. The lowest BCUT2D eigenvalue weighted by atomic mass is 9.65. The number of alkyl halides is 3. The van der Waals surface area contributed by atoms with E-state index in [4.69, 9.17) is 34.8 Å². The number of benzene rings is 1. The van der Waals surface area contributed by atoms with E-state index in [9.17, 15) is 23.1 Å². The summed E-state index contributed by atoms with van der Waals surface area (Å²) in [6.07, 6.45) is -1.39. The summed E-state index contributed by atoms with van der Waals surface area (Å²) in [6, 6.07) is 4.68. The molecule has 2 unspecified atom stereocenters. The zero-order valence-corrected chi connectivity index (χ0v) is 24.4. The van der Waals surface area contributed by atoms with Gasteiger partial charge in [0.1, 0.15) is 5.02 Å². The van der Waals surface area contributed by atoms with Crippen LogP contribution in [0.25, 0.3) is 0 Å². The zero-order chi connectivity index (χ0) is 29.0. The number of nitrogens with zero attached hydrogens (tertiary/aromatic N) is 4. The number of halogens is 6. The monoisotopic (exact) mass is 619 g/mol. The molecule has 3 fully saturated rings. The molecule has 1 aliphatic carbocycles. The molecule has 0 radical (unpaired) electrons. The highest BCUT2D eigenvalue weighted by atomic mass is 35.5. The number of carboxylic acid groups (broad SMARTS) is 1. The van der Waals surface area contributed by atoms with Crippen LogP contribution in [-0.4, -0.2) is 58.2 Å². The van der Waals surface area contributed by atoms with E-state index in [1.807, 2.05) is 0 Å². The normalized spacial score (nSPS) is 26.6. The minimum absolute atomic E-state index is 0.0197. The minimum atomic E-state index is -4.76. The van der Waals surface area contributed by atoms with Crippen molar-refractivity contribution in [1.82, 2.24) is 14.9 Å². The third-order valence-electron chi connectivity index (χ3n) is 8.64. The highest BCUT2D eigenvalue weighted by molar-refractivity contribution is 6.35. The Balaban J connectivity index is 1.28. The van der Waals surface area contributed by atoms with E-state index in [0.717, 1.165) is 25.9 Å². The Hall–Kier alpha value is -2.01. The minimum Gasteiger partial charge on any atom is -0.481 e. The van der Waals surface area contributed by atoms with Gasteiger partial charge in [-0.05, 0) is 75.6 Å². The molecule has 1 aromatic heterocycles.